The van der Waals surface area contributed by atoms with E-state index in [0.29, 0.717) is 36.3 Å². The van der Waals surface area contributed by atoms with Gasteiger partial charge in [0, 0.05) is 31.2 Å². The van der Waals surface area contributed by atoms with Gasteiger partial charge in [0.15, 0.2) is 0 Å². The largest absolute Gasteiger partial charge is 0.416 e. The first-order chi connectivity index (χ1) is 13.5. The summed E-state index contributed by atoms with van der Waals surface area (Å²) in [6.45, 7) is 1.31. The Hall–Kier alpha value is -2.65. The van der Waals surface area contributed by atoms with Crippen LogP contribution in [0.4, 0.5) is 24.3 Å². The van der Waals surface area contributed by atoms with Gasteiger partial charge in [0.2, 0.25) is 11.1 Å². The molecule has 9 heteroatoms. The SMILES string of the molecule is OCCN(Cc1ccccc1)c1nc(NCc2ccc(C(F)(F)F)cc2)ns1. The van der Waals surface area contributed by atoms with Crippen molar-refractivity contribution in [1.29, 1.82) is 0 Å². The van der Waals surface area contributed by atoms with Crippen LogP contribution in [0.15, 0.2) is 54.6 Å². The zero-order valence-electron chi connectivity index (χ0n) is 14.9. The van der Waals surface area contributed by atoms with Crippen LogP contribution in [0.25, 0.3) is 0 Å². The molecule has 0 bridgehead atoms. The lowest BCUT2D eigenvalue weighted by molar-refractivity contribution is -0.137. The molecule has 0 aliphatic rings. The van der Waals surface area contributed by atoms with E-state index in [2.05, 4.69) is 14.7 Å². The standard InChI is InChI=1S/C19H19F3N4OS/c20-19(21,22)16-8-6-14(7-9-16)12-23-17-24-18(28-25-17)26(10-11-27)13-15-4-2-1-3-5-15/h1-9,27H,10-13H2,(H,23,25). The lowest BCUT2D eigenvalue weighted by Crippen LogP contribution is -2.26. The molecule has 0 fully saturated rings. The van der Waals surface area contributed by atoms with Crippen molar-refractivity contribution in [2.75, 3.05) is 23.4 Å². The minimum atomic E-state index is -4.34. The summed E-state index contributed by atoms with van der Waals surface area (Å²) in [5.41, 5.74) is 1.11. The molecule has 0 unspecified atom stereocenters. The number of aliphatic hydroxyl groups is 1. The molecule has 5 nitrogen and oxygen atoms in total. The number of aliphatic hydroxyl groups excluding tert-OH is 1. The smallest absolute Gasteiger partial charge is 0.395 e. The van der Waals surface area contributed by atoms with Crippen LogP contribution in [0.1, 0.15) is 16.7 Å². The van der Waals surface area contributed by atoms with Crippen molar-refractivity contribution >= 4 is 22.6 Å². The summed E-state index contributed by atoms with van der Waals surface area (Å²) >= 11 is 1.20. The zero-order valence-corrected chi connectivity index (χ0v) is 15.7. The minimum absolute atomic E-state index is 0.0132. The minimum Gasteiger partial charge on any atom is -0.395 e. The quantitative estimate of drug-likeness (QED) is 0.586. The van der Waals surface area contributed by atoms with Gasteiger partial charge >= 0.3 is 6.18 Å². The predicted molar refractivity (Wildman–Crippen MR) is 103 cm³/mol. The maximum absolute atomic E-state index is 12.6. The molecule has 0 atom stereocenters. The van der Waals surface area contributed by atoms with E-state index in [1.54, 1.807) is 0 Å². The Labute approximate surface area is 164 Å². The van der Waals surface area contributed by atoms with Gasteiger partial charge in [-0.2, -0.15) is 22.5 Å². The highest BCUT2D eigenvalue weighted by molar-refractivity contribution is 7.09. The summed E-state index contributed by atoms with van der Waals surface area (Å²) in [4.78, 5) is 6.36. The fraction of sp³-hybridized carbons (Fsp3) is 0.263. The maximum atomic E-state index is 12.6. The Morgan fingerprint density at radius 3 is 2.36 bits per heavy atom. The van der Waals surface area contributed by atoms with Crippen molar-refractivity contribution in [1.82, 2.24) is 9.36 Å². The zero-order chi connectivity index (χ0) is 20.0. The van der Waals surface area contributed by atoms with Gasteiger partial charge in [-0.1, -0.05) is 42.5 Å². The van der Waals surface area contributed by atoms with Crippen molar-refractivity contribution in [2.45, 2.75) is 19.3 Å². The highest BCUT2D eigenvalue weighted by Crippen LogP contribution is 2.29. The second-order valence-corrected chi connectivity index (χ2v) is 6.81. The van der Waals surface area contributed by atoms with E-state index in [-0.39, 0.29) is 6.61 Å². The molecule has 0 saturated carbocycles. The van der Waals surface area contributed by atoms with E-state index in [1.165, 1.54) is 23.7 Å². The fourth-order valence-corrected chi connectivity index (χ4v) is 3.25. The Morgan fingerprint density at radius 2 is 1.71 bits per heavy atom. The molecule has 0 radical (unpaired) electrons. The number of rotatable bonds is 8. The lowest BCUT2D eigenvalue weighted by atomic mass is 10.1. The molecular formula is C19H19F3N4OS. The molecule has 1 aromatic heterocycles. The van der Waals surface area contributed by atoms with Gasteiger partial charge in [-0.15, -0.1) is 0 Å². The molecular weight excluding hydrogens is 389 g/mol. The number of hydrogen-bond acceptors (Lipinski definition) is 6. The van der Waals surface area contributed by atoms with Crippen LogP contribution in [-0.2, 0) is 19.3 Å². The molecule has 3 rings (SSSR count). The van der Waals surface area contributed by atoms with Gasteiger partial charge in [-0.3, -0.25) is 0 Å². The maximum Gasteiger partial charge on any atom is 0.416 e. The molecule has 0 saturated heterocycles. The first-order valence-corrected chi connectivity index (χ1v) is 9.36. The predicted octanol–water partition coefficient (Wildman–Crippen LogP) is 4.17. The molecule has 0 amide bonds. The number of aromatic nitrogens is 2. The second kappa shape index (κ2) is 9.03. The van der Waals surface area contributed by atoms with E-state index in [1.807, 2.05) is 35.2 Å². The third-order valence-corrected chi connectivity index (χ3v) is 4.78. The average Bonchev–Trinajstić information content (AvgIpc) is 3.15. The molecule has 0 aliphatic carbocycles. The van der Waals surface area contributed by atoms with Gasteiger partial charge in [0.25, 0.3) is 0 Å². The summed E-state index contributed by atoms with van der Waals surface area (Å²) in [6.07, 6.45) is -4.34. The molecule has 28 heavy (non-hydrogen) atoms. The third-order valence-electron chi connectivity index (χ3n) is 4.00. The summed E-state index contributed by atoms with van der Waals surface area (Å²) in [6, 6.07) is 14.8. The van der Waals surface area contributed by atoms with Gasteiger partial charge in [0.05, 0.1) is 12.2 Å². The molecule has 0 aliphatic heterocycles. The summed E-state index contributed by atoms with van der Waals surface area (Å²) in [5, 5.41) is 13.0. The first-order valence-electron chi connectivity index (χ1n) is 8.59. The normalized spacial score (nSPS) is 11.4. The molecule has 3 aromatic rings. The van der Waals surface area contributed by atoms with Gasteiger partial charge in [0.1, 0.15) is 0 Å². The number of nitrogens with zero attached hydrogens (tertiary/aromatic N) is 3. The van der Waals surface area contributed by atoms with E-state index in [9.17, 15) is 18.3 Å². The van der Waals surface area contributed by atoms with Crippen LogP contribution in [0.3, 0.4) is 0 Å². The number of anilines is 2. The van der Waals surface area contributed by atoms with Crippen molar-refractivity contribution < 1.29 is 18.3 Å². The molecule has 0 spiro atoms. The first kappa shape index (κ1) is 20.1. The van der Waals surface area contributed by atoms with Crippen LogP contribution in [0, 0.1) is 0 Å². The van der Waals surface area contributed by atoms with Gasteiger partial charge < -0.3 is 15.3 Å². The van der Waals surface area contributed by atoms with Crippen LogP contribution in [0.2, 0.25) is 0 Å². The van der Waals surface area contributed by atoms with E-state index in [4.69, 9.17) is 0 Å². The Morgan fingerprint density at radius 1 is 1.00 bits per heavy atom. The van der Waals surface area contributed by atoms with Gasteiger partial charge in [-0.05, 0) is 23.3 Å². The average molecular weight is 408 g/mol. The summed E-state index contributed by atoms with van der Waals surface area (Å²) < 4.78 is 42.1. The third kappa shape index (κ3) is 5.43. The monoisotopic (exact) mass is 408 g/mol. The number of benzene rings is 2. The van der Waals surface area contributed by atoms with E-state index >= 15 is 0 Å². The highest BCUT2D eigenvalue weighted by atomic mass is 32.1. The number of nitrogens with one attached hydrogen (secondary N) is 1. The van der Waals surface area contributed by atoms with E-state index in [0.717, 1.165) is 17.7 Å². The van der Waals surface area contributed by atoms with Crippen LogP contribution >= 0.6 is 11.5 Å². The fourth-order valence-electron chi connectivity index (χ4n) is 2.58. The Bertz CT molecular complexity index is 869. The van der Waals surface area contributed by atoms with Gasteiger partial charge in [-0.25, -0.2) is 0 Å². The van der Waals surface area contributed by atoms with Crippen LogP contribution in [0.5, 0.6) is 0 Å². The molecule has 148 valence electrons. The number of halogens is 3. The van der Waals surface area contributed by atoms with Crippen molar-refractivity contribution in [3.8, 4) is 0 Å². The molecule has 2 N–H and O–H groups in total. The van der Waals surface area contributed by atoms with Crippen molar-refractivity contribution in [3.63, 3.8) is 0 Å². The molecule has 2 aromatic carbocycles. The Balaban J connectivity index is 1.62. The van der Waals surface area contributed by atoms with Crippen LogP contribution < -0.4 is 10.2 Å². The second-order valence-electron chi connectivity index (χ2n) is 6.08. The number of hydrogen-bond donors (Lipinski definition) is 2. The van der Waals surface area contributed by atoms with Crippen LogP contribution in [-0.4, -0.2) is 27.6 Å². The van der Waals surface area contributed by atoms with Crippen molar-refractivity contribution in [3.05, 3.63) is 71.3 Å². The topological polar surface area (TPSA) is 61.3 Å². The highest BCUT2D eigenvalue weighted by Gasteiger charge is 2.29. The van der Waals surface area contributed by atoms with Crippen molar-refractivity contribution in [2.24, 2.45) is 0 Å². The summed E-state index contributed by atoms with van der Waals surface area (Å²) in [5.74, 6) is 0.399. The molecule has 1 heterocycles. The Kier molecular flexibility index (Phi) is 6.48. The lowest BCUT2D eigenvalue weighted by Gasteiger charge is -2.20. The van der Waals surface area contributed by atoms with E-state index < -0.39 is 11.7 Å². The number of alkyl halides is 3. The summed E-state index contributed by atoms with van der Waals surface area (Å²) in [7, 11) is 0.